The highest BCUT2D eigenvalue weighted by Gasteiger charge is 2.20. The van der Waals surface area contributed by atoms with Crippen LogP contribution in [0.25, 0.3) is 21.8 Å². The Kier molecular flexibility index (Phi) is 5.76. The molecule has 8 heteroatoms. The van der Waals surface area contributed by atoms with Gasteiger partial charge in [0.15, 0.2) is 5.82 Å². The second-order valence-corrected chi connectivity index (χ2v) is 9.98. The van der Waals surface area contributed by atoms with Crippen LogP contribution in [0.15, 0.2) is 36.4 Å². The average Bonchev–Trinajstić information content (AvgIpc) is 3.26. The van der Waals surface area contributed by atoms with Gasteiger partial charge in [0.25, 0.3) is 5.69 Å². The van der Waals surface area contributed by atoms with Gasteiger partial charge < -0.3 is 15.7 Å². The molecule has 0 aliphatic heterocycles. The molecule has 0 radical (unpaired) electrons. The van der Waals surface area contributed by atoms with Gasteiger partial charge in [-0.1, -0.05) is 41.5 Å². The van der Waals surface area contributed by atoms with Gasteiger partial charge in [0, 0.05) is 44.7 Å². The zero-order valence-electron chi connectivity index (χ0n) is 19.1. The highest BCUT2D eigenvalue weighted by atomic mass is 19.1. The Morgan fingerprint density at radius 2 is 1.22 bits per heavy atom. The first-order valence-corrected chi connectivity index (χ1v) is 10.2. The molecule has 6 nitrogen and oxygen atoms in total. The van der Waals surface area contributed by atoms with E-state index in [-0.39, 0.29) is 22.3 Å². The number of nitrogens with one attached hydrogen (secondary N) is 2. The third-order valence-corrected chi connectivity index (χ3v) is 5.19. The van der Waals surface area contributed by atoms with Gasteiger partial charge in [0.05, 0.1) is 22.0 Å². The van der Waals surface area contributed by atoms with E-state index < -0.39 is 10.7 Å². The number of rotatable bonds is 1. The number of nitro benzene ring substituents is 1. The fourth-order valence-corrected chi connectivity index (χ4v) is 3.32. The first-order valence-electron chi connectivity index (χ1n) is 10.2. The molecule has 2 aromatic carbocycles. The molecule has 0 spiro atoms. The molecule has 2 aromatic heterocycles. The lowest BCUT2D eigenvalue weighted by Gasteiger charge is -2.15. The zero-order valence-corrected chi connectivity index (χ0v) is 19.1. The van der Waals surface area contributed by atoms with Crippen molar-refractivity contribution in [3.63, 3.8) is 0 Å². The van der Waals surface area contributed by atoms with Crippen LogP contribution in [0.4, 0.5) is 20.2 Å². The lowest BCUT2D eigenvalue weighted by atomic mass is 9.92. The van der Waals surface area contributed by atoms with Crippen LogP contribution in [0.5, 0.6) is 0 Å². The van der Waals surface area contributed by atoms with Crippen molar-refractivity contribution in [2.75, 3.05) is 5.73 Å². The molecule has 0 saturated carbocycles. The Morgan fingerprint density at radius 3 is 1.66 bits per heavy atom. The smallest absolute Gasteiger partial charge is 0.273 e. The van der Waals surface area contributed by atoms with Crippen molar-refractivity contribution in [2.24, 2.45) is 0 Å². The van der Waals surface area contributed by atoms with Crippen molar-refractivity contribution < 1.29 is 13.7 Å². The van der Waals surface area contributed by atoms with Crippen LogP contribution in [-0.4, -0.2) is 14.9 Å². The molecule has 170 valence electrons. The monoisotopic (exact) mass is 442 g/mol. The number of nitrogens with zero attached hydrogens (tertiary/aromatic N) is 1. The van der Waals surface area contributed by atoms with Crippen molar-refractivity contribution in [3.05, 3.63) is 69.5 Å². The SMILES string of the molecule is CC(C)(C)c1cc2cc(N)cc(F)c2[nH]1.CC(C)(C)c1cc2cc([N+](=O)[O-])cc(F)c2[nH]1. The van der Waals surface area contributed by atoms with Crippen LogP contribution in [0.2, 0.25) is 0 Å². The highest BCUT2D eigenvalue weighted by molar-refractivity contribution is 5.85. The predicted molar refractivity (Wildman–Crippen MR) is 125 cm³/mol. The molecule has 32 heavy (non-hydrogen) atoms. The number of anilines is 1. The molecule has 2 heterocycles. The Morgan fingerprint density at radius 1 is 0.781 bits per heavy atom. The molecule has 0 amide bonds. The Hall–Kier alpha value is -3.42. The Labute approximate surface area is 185 Å². The molecule has 0 unspecified atom stereocenters. The quantitative estimate of drug-likeness (QED) is 0.174. The number of hydrogen-bond donors (Lipinski definition) is 3. The summed E-state index contributed by atoms with van der Waals surface area (Å²) in [4.78, 5) is 16.1. The van der Waals surface area contributed by atoms with Crippen molar-refractivity contribution in [1.82, 2.24) is 9.97 Å². The van der Waals surface area contributed by atoms with E-state index >= 15 is 0 Å². The number of nitrogens with two attached hydrogens (primary N) is 1. The van der Waals surface area contributed by atoms with Gasteiger partial charge in [-0.25, -0.2) is 8.78 Å². The van der Waals surface area contributed by atoms with Crippen molar-refractivity contribution in [2.45, 2.75) is 52.4 Å². The first-order chi connectivity index (χ1) is 14.7. The number of nitrogen functional groups attached to an aromatic ring is 1. The second kappa shape index (κ2) is 7.93. The van der Waals surface area contributed by atoms with Crippen LogP contribution in [-0.2, 0) is 10.8 Å². The van der Waals surface area contributed by atoms with E-state index in [1.807, 2.05) is 26.8 Å². The van der Waals surface area contributed by atoms with Crippen LogP contribution < -0.4 is 5.73 Å². The fourth-order valence-electron chi connectivity index (χ4n) is 3.32. The minimum atomic E-state index is -0.593. The lowest BCUT2D eigenvalue weighted by Crippen LogP contribution is -2.11. The van der Waals surface area contributed by atoms with E-state index in [0.29, 0.717) is 22.1 Å². The van der Waals surface area contributed by atoms with E-state index in [2.05, 4.69) is 30.7 Å². The van der Waals surface area contributed by atoms with E-state index in [0.717, 1.165) is 22.8 Å². The van der Waals surface area contributed by atoms with E-state index in [4.69, 9.17) is 5.73 Å². The third-order valence-electron chi connectivity index (χ3n) is 5.19. The van der Waals surface area contributed by atoms with E-state index in [1.165, 1.54) is 12.1 Å². The molecule has 0 bridgehead atoms. The Bertz CT molecular complexity index is 1310. The van der Waals surface area contributed by atoms with Crippen molar-refractivity contribution >= 4 is 33.2 Å². The lowest BCUT2D eigenvalue weighted by molar-refractivity contribution is -0.384. The van der Waals surface area contributed by atoms with Gasteiger partial charge in [0.1, 0.15) is 5.82 Å². The molecule has 0 atom stereocenters. The molecule has 0 fully saturated rings. The molecule has 0 aliphatic rings. The number of aromatic nitrogens is 2. The summed E-state index contributed by atoms with van der Waals surface area (Å²) in [6.07, 6.45) is 0. The number of hydrogen-bond acceptors (Lipinski definition) is 3. The van der Waals surface area contributed by atoms with Gasteiger partial charge in [-0.2, -0.15) is 0 Å². The summed E-state index contributed by atoms with van der Waals surface area (Å²) >= 11 is 0. The van der Waals surface area contributed by atoms with Crippen LogP contribution in [0.1, 0.15) is 52.9 Å². The number of benzene rings is 2. The topological polar surface area (TPSA) is 101 Å². The minimum absolute atomic E-state index is 0.0137. The largest absolute Gasteiger partial charge is 0.399 e. The van der Waals surface area contributed by atoms with E-state index in [9.17, 15) is 18.9 Å². The average molecular weight is 443 g/mol. The minimum Gasteiger partial charge on any atom is -0.399 e. The maximum Gasteiger partial charge on any atom is 0.273 e. The van der Waals surface area contributed by atoms with Crippen molar-refractivity contribution in [1.29, 1.82) is 0 Å². The van der Waals surface area contributed by atoms with Gasteiger partial charge in [-0.15, -0.1) is 0 Å². The Balaban J connectivity index is 0.000000182. The summed E-state index contributed by atoms with van der Waals surface area (Å²) in [5.74, 6) is -0.884. The summed E-state index contributed by atoms with van der Waals surface area (Å²) in [7, 11) is 0. The van der Waals surface area contributed by atoms with Gasteiger partial charge in [-0.3, -0.25) is 10.1 Å². The molecular weight excluding hydrogens is 414 g/mol. The maximum atomic E-state index is 13.7. The molecule has 0 aliphatic carbocycles. The summed E-state index contributed by atoms with van der Waals surface area (Å²) in [6, 6.07) is 9.14. The van der Waals surface area contributed by atoms with Crippen LogP contribution in [0, 0.1) is 21.7 Å². The predicted octanol–water partition coefficient (Wildman–Crippen LogP) is 6.70. The second-order valence-electron chi connectivity index (χ2n) is 9.98. The molecule has 4 N–H and O–H groups in total. The van der Waals surface area contributed by atoms with Gasteiger partial charge >= 0.3 is 0 Å². The number of aromatic amines is 2. The molecule has 4 rings (SSSR count). The van der Waals surface area contributed by atoms with Gasteiger partial charge in [-0.05, 0) is 24.3 Å². The highest BCUT2D eigenvalue weighted by Crippen LogP contribution is 2.30. The van der Waals surface area contributed by atoms with Crippen molar-refractivity contribution in [3.8, 4) is 0 Å². The first kappa shape index (κ1) is 23.2. The van der Waals surface area contributed by atoms with Crippen LogP contribution in [0.3, 0.4) is 0 Å². The molecule has 4 aromatic rings. The number of nitro groups is 1. The molecule has 0 saturated heterocycles. The zero-order chi connectivity index (χ0) is 24.0. The van der Waals surface area contributed by atoms with Gasteiger partial charge in [0.2, 0.25) is 0 Å². The van der Waals surface area contributed by atoms with E-state index in [1.54, 1.807) is 12.1 Å². The fraction of sp³-hybridized carbons (Fsp3) is 0.333. The number of fused-ring (bicyclic) bond motifs is 2. The summed E-state index contributed by atoms with van der Waals surface area (Å²) in [6.45, 7) is 12.2. The number of H-pyrrole nitrogens is 2. The summed E-state index contributed by atoms with van der Waals surface area (Å²) in [5.41, 5.74) is 8.38. The van der Waals surface area contributed by atoms with Crippen LogP contribution >= 0.6 is 0 Å². The maximum absolute atomic E-state index is 13.7. The number of halogens is 2. The standard InChI is InChI=1S/C12H13FN2O2.C12H15FN2/c1-12(2,3)10-5-7-4-8(15(16)17)6-9(13)11(7)14-10;1-12(2,3)10-5-7-4-8(14)6-9(13)11(7)15-10/h4-6,14H,1-3H3;4-6,15H,14H2,1-3H3. The third kappa shape index (κ3) is 4.74. The normalized spacial score (nSPS) is 12.1. The number of non-ortho nitro benzene ring substituents is 1. The molecular formula is C24H28F2N4O2. The summed E-state index contributed by atoms with van der Waals surface area (Å²) < 4.78 is 27.2. The summed E-state index contributed by atoms with van der Waals surface area (Å²) in [5, 5.41) is 12.0.